The lowest BCUT2D eigenvalue weighted by molar-refractivity contribution is -0.151. The lowest BCUT2D eigenvalue weighted by atomic mass is 9.87. The number of rotatable bonds is 4. The summed E-state index contributed by atoms with van der Waals surface area (Å²) in [5.41, 5.74) is -0.220. The van der Waals surface area contributed by atoms with Crippen molar-refractivity contribution in [3.63, 3.8) is 0 Å². The molecular weight excluding hydrogens is 202 g/mol. The van der Waals surface area contributed by atoms with E-state index in [1.165, 1.54) is 0 Å². The molecule has 94 valence electrons. The van der Waals surface area contributed by atoms with E-state index in [2.05, 4.69) is 33.0 Å². The van der Waals surface area contributed by atoms with Crippen molar-refractivity contribution in [2.45, 2.75) is 65.5 Å². The Balaban J connectivity index is 2.82. The minimum Gasteiger partial charge on any atom is -0.465 e. The highest BCUT2D eigenvalue weighted by Gasteiger charge is 2.49. The summed E-state index contributed by atoms with van der Waals surface area (Å²) in [6.45, 7) is 10.9. The Morgan fingerprint density at radius 3 is 2.38 bits per heavy atom. The van der Waals surface area contributed by atoms with Gasteiger partial charge in [-0.1, -0.05) is 13.8 Å². The van der Waals surface area contributed by atoms with E-state index >= 15 is 0 Å². The predicted molar refractivity (Wildman–Crippen MR) is 65.3 cm³/mol. The molecule has 1 N–H and O–H groups in total. The third-order valence-electron chi connectivity index (χ3n) is 3.24. The van der Waals surface area contributed by atoms with E-state index < -0.39 is 5.54 Å². The highest BCUT2D eigenvalue weighted by Crippen LogP contribution is 2.44. The number of esters is 1. The molecule has 1 aliphatic rings. The van der Waals surface area contributed by atoms with Crippen molar-refractivity contribution in [1.82, 2.24) is 5.32 Å². The van der Waals surface area contributed by atoms with Gasteiger partial charge in [-0.15, -0.1) is 0 Å². The molecule has 0 spiro atoms. The van der Waals surface area contributed by atoms with Gasteiger partial charge in [0.05, 0.1) is 6.61 Å². The molecule has 0 heterocycles. The van der Waals surface area contributed by atoms with Crippen LogP contribution in [-0.2, 0) is 9.53 Å². The van der Waals surface area contributed by atoms with Gasteiger partial charge in [-0.2, -0.15) is 0 Å². The van der Waals surface area contributed by atoms with Gasteiger partial charge >= 0.3 is 5.97 Å². The molecular formula is C13H25NO2. The predicted octanol–water partition coefficient (Wildman–Crippen LogP) is 2.50. The lowest BCUT2D eigenvalue weighted by Crippen LogP contribution is -2.54. The smallest absolute Gasteiger partial charge is 0.326 e. The summed E-state index contributed by atoms with van der Waals surface area (Å²) >= 11 is 0. The van der Waals surface area contributed by atoms with Crippen LogP contribution in [0.1, 0.15) is 53.9 Å². The van der Waals surface area contributed by atoms with Crippen molar-refractivity contribution in [2.75, 3.05) is 6.61 Å². The molecule has 0 bridgehead atoms. The fraction of sp³-hybridized carbons (Fsp3) is 0.923. The maximum absolute atomic E-state index is 12.1. The van der Waals surface area contributed by atoms with Gasteiger partial charge in [-0.05, 0) is 45.4 Å². The molecule has 0 saturated heterocycles. The highest BCUT2D eigenvalue weighted by atomic mass is 16.5. The number of nitrogens with one attached hydrogen (secondary N) is 1. The molecule has 0 amide bonds. The van der Waals surface area contributed by atoms with E-state index in [0.717, 1.165) is 19.3 Å². The maximum Gasteiger partial charge on any atom is 0.326 e. The average Bonchev–Trinajstić information content (AvgIpc) is 2.42. The van der Waals surface area contributed by atoms with Crippen molar-refractivity contribution in [3.05, 3.63) is 0 Å². The number of carbonyl (C=O) groups is 1. The van der Waals surface area contributed by atoms with Crippen LogP contribution in [0, 0.1) is 5.41 Å². The summed E-state index contributed by atoms with van der Waals surface area (Å²) < 4.78 is 5.22. The largest absolute Gasteiger partial charge is 0.465 e. The van der Waals surface area contributed by atoms with Gasteiger partial charge in [0, 0.05) is 6.04 Å². The zero-order valence-electron chi connectivity index (χ0n) is 11.2. The van der Waals surface area contributed by atoms with Gasteiger partial charge in [0.2, 0.25) is 0 Å². The summed E-state index contributed by atoms with van der Waals surface area (Å²) in [5.74, 6) is -0.0747. The Hall–Kier alpha value is -0.570. The first kappa shape index (κ1) is 13.5. The first-order chi connectivity index (χ1) is 7.31. The molecule has 3 heteroatoms. The number of carbonyl (C=O) groups excluding carboxylic acids is 1. The summed E-state index contributed by atoms with van der Waals surface area (Å²) in [7, 11) is 0. The second-order valence-electron chi connectivity index (χ2n) is 5.94. The van der Waals surface area contributed by atoms with Crippen LogP contribution in [0.3, 0.4) is 0 Å². The third-order valence-corrected chi connectivity index (χ3v) is 3.24. The van der Waals surface area contributed by atoms with E-state index in [9.17, 15) is 4.79 Å². The van der Waals surface area contributed by atoms with Gasteiger partial charge in [0.1, 0.15) is 5.54 Å². The van der Waals surface area contributed by atoms with Crippen molar-refractivity contribution in [2.24, 2.45) is 5.41 Å². The van der Waals surface area contributed by atoms with Crippen LogP contribution < -0.4 is 5.32 Å². The highest BCUT2D eigenvalue weighted by molar-refractivity contribution is 5.81. The van der Waals surface area contributed by atoms with Crippen molar-refractivity contribution in [1.29, 1.82) is 0 Å². The minimum absolute atomic E-state index is 0.0747. The molecule has 1 rings (SSSR count). The second-order valence-corrected chi connectivity index (χ2v) is 5.94. The van der Waals surface area contributed by atoms with Gasteiger partial charge in [-0.3, -0.25) is 10.1 Å². The molecule has 1 atom stereocenters. The van der Waals surface area contributed by atoms with Crippen molar-refractivity contribution in [3.8, 4) is 0 Å². The van der Waals surface area contributed by atoms with Crippen LogP contribution in [0.5, 0.6) is 0 Å². The topological polar surface area (TPSA) is 38.3 Å². The normalized spacial score (nSPS) is 28.4. The Morgan fingerprint density at radius 1 is 1.38 bits per heavy atom. The van der Waals surface area contributed by atoms with E-state index in [0.29, 0.717) is 12.6 Å². The molecule has 3 nitrogen and oxygen atoms in total. The monoisotopic (exact) mass is 227 g/mol. The SMILES string of the molecule is CCOC(=O)C1(NC(C)C)CCC(C)(C)C1. The van der Waals surface area contributed by atoms with Crippen molar-refractivity contribution < 1.29 is 9.53 Å². The molecule has 16 heavy (non-hydrogen) atoms. The molecule has 0 aliphatic heterocycles. The van der Waals surface area contributed by atoms with Gasteiger partial charge in [0.25, 0.3) is 0 Å². The standard InChI is InChI=1S/C13H25NO2/c1-6-16-11(15)13(14-10(2)3)8-7-12(4,5)9-13/h10,14H,6-9H2,1-5H3. The molecule has 1 unspecified atom stereocenters. The molecule has 1 aliphatic carbocycles. The van der Waals surface area contributed by atoms with E-state index in [1.807, 2.05) is 6.92 Å². The van der Waals surface area contributed by atoms with E-state index in [1.54, 1.807) is 0 Å². The minimum atomic E-state index is -0.451. The Kier molecular flexibility index (Phi) is 4.00. The fourth-order valence-electron chi connectivity index (χ4n) is 2.72. The molecule has 0 aromatic carbocycles. The fourth-order valence-corrected chi connectivity index (χ4v) is 2.72. The lowest BCUT2D eigenvalue weighted by Gasteiger charge is -2.31. The number of ether oxygens (including phenoxy) is 1. The summed E-state index contributed by atoms with van der Waals surface area (Å²) in [5, 5.41) is 3.42. The number of hydrogen-bond donors (Lipinski definition) is 1. The summed E-state index contributed by atoms with van der Waals surface area (Å²) in [6.07, 6.45) is 2.83. The Morgan fingerprint density at radius 2 is 2.00 bits per heavy atom. The molecule has 0 aromatic heterocycles. The van der Waals surface area contributed by atoms with Crippen LogP contribution in [0.2, 0.25) is 0 Å². The van der Waals surface area contributed by atoms with Crippen LogP contribution in [0.4, 0.5) is 0 Å². The van der Waals surface area contributed by atoms with Crippen LogP contribution in [0.25, 0.3) is 0 Å². The average molecular weight is 227 g/mol. The quantitative estimate of drug-likeness (QED) is 0.750. The second kappa shape index (κ2) is 4.74. The number of hydrogen-bond acceptors (Lipinski definition) is 3. The van der Waals surface area contributed by atoms with Gasteiger partial charge < -0.3 is 4.74 Å². The van der Waals surface area contributed by atoms with Crippen LogP contribution in [0.15, 0.2) is 0 Å². The molecule has 0 radical (unpaired) electrons. The maximum atomic E-state index is 12.1. The summed E-state index contributed by atoms with van der Waals surface area (Å²) in [6, 6.07) is 0.304. The molecule has 1 fully saturated rings. The third kappa shape index (κ3) is 2.97. The van der Waals surface area contributed by atoms with Crippen molar-refractivity contribution >= 4 is 5.97 Å². The Labute approximate surface area is 98.9 Å². The molecule has 1 saturated carbocycles. The first-order valence-electron chi connectivity index (χ1n) is 6.26. The zero-order valence-corrected chi connectivity index (χ0v) is 11.2. The van der Waals surface area contributed by atoms with Gasteiger partial charge in [0.15, 0.2) is 0 Å². The summed E-state index contributed by atoms with van der Waals surface area (Å²) in [4.78, 5) is 12.1. The first-order valence-corrected chi connectivity index (χ1v) is 6.26. The van der Waals surface area contributed by atoms with E-state index in [-0.39, 0.29) is 11.4 Å². The van der Waals surface area contributed by atoms with Crippen LogP contribution in [-0.4, -0.2) is 24.2 Å². The van der Waals surface area contributed by atoms with Crippen LogP contribution >= 0.6 is 0 Å². The Bertz CT molecular complexity index is 261. The van der Waals surface area contributed by atoms with E-state index in [4.69, 9.17) is 4.74 Å². The zero-order chi connectivity index (χ0) is 12.4. The van der Waals surface area contributed by atoms with Gasteiger partial charge in [-0.25, -0.2) is 0 Å². The molecule has 0 aromatic rings.